The lowest BCUT2D eigenvalue weighted by molar-refractivity contribution is -0.115. The van der Waals surface area contributed by atoms with Crippen molar-refractivity contribution >= 4 is 38.4 Å². The molecule has 0 aliphatic rings. The number of aromatic nitrogens is 1. The summed E-state index contributed by atoms with van der Waals surface area (Å²) < 4.78 is 14.4. The van der Waals surface area contributed by atoms with Crippen LogP contribution in [0.4, 0.5) is 10.1 Å². The van der Waals surface area contributed by atoms with Gasteiger partial charge in [0.15, 0.2) is 0 Å². The van der Waals surface area contributed by atoms with Gasteiger partial charge in [0.05, 0.1) is 17.6 Å². The van der Waals surface area contributed by atoms with Crippen molar-refractivity contribution in [3.8, 4) is 0 Å². The van der Waals surface area contributed by atoms with Crippen LogP contribution in [0, 0.1) is 5.82 Å². The summed E-state index contributed by atoms with van der Waals surface area (Å²) in [4.78, 5) is 16.5. The smallest absolute Gasteiger partial charge is 0.228 e. The highest BCUT2D eigenvalue weighted by molar-refractivity contribution is 9.10. The van der Waals surface area contributed by atoms with Gasteiger partial charge in [0, 0.05) is 16.1 Å². The van der Waals surface area contributed by atoms with Crippen LogP contribution in [0.2, 0.25) is 0 Å². The number of nitrogens with zero attached hydrogens (tertiary/aromatic N) is 1. The van der Waals surface area contributed by atoms with Crippen molar-refractivity contribution in [2.24, 2.45) is 0 Å². The number of carbonyl (C=O) groups excluding carboxylic acids is 1. The number of fused-ring (bicyclic) bond motifs is 1. The monoisotopic (exact) mass is 358 g/mol. The fourth-order valence-corrected chi connectivity index (χ4v) is 2.60. The molecule has 3 rings (SSSR count). The van der Waals surface area contributed by atoms with Crippen LogP contribution in [-0.2, 0) is 11.2 Å². The van der Waals surface area contributed by atoms with Gasteiger partial charge in [-0.05, 0) is 29.8 Å². The van der Waals surface area contributed by atoms with Gasteiger partial charge in [-0.2, -0.15) is 0 Å². The van der Waals surface area contributed by atoms with E-state index in [9.17, 15) is 9.18 Å². The molecule has 3 nitrogen and oxygen atoms in total. The van der Waals surface area contributed by atoms with Crippen LogP contribution >= 0.6 is 15.9 Å². The summed E-state index contributed by atoms with van der Waals surface area (Å²) in [6.07, 6.45) is 1.84. The van der Waals surface area contributed by atoms with Gasteiger partial charge in [-0.15, -0.1) is 0 Å². The van der Waals surface area contributed by atoms with Crippen LogP contribution in [0.1, 0.15) is 5.56 Å². The maximum atomic E-state index is 13.7. The van der Waals surface area contributed by atoms with E-state index >= 15 is 0 Å². The Morgan fingerprint density at radius 3 is 2.82 bits per heavy atom. The average molecular weight is 359 g/mol. The van der Waals surface area contributed by atoms with E-state index in [2.05, 4.69) is 26.2 Å². The van der Waals surface area contributed by atoms with Gasteiger partial charge in [-0.25, -0.2) is 4.39 Å². The topological polar surface area (TPSA) is 42.0 Å². The van der Waals surface area contributed by atoms with Crippen molar-refractivity contribution in [2.75, 3.05) is 5.32 Å². The second-order valence-electron chi connectivity index (χ2n) is 4.84. The van der Waals surface area contributed by atoms with Crippen LogP contribution in [0.5, 0.6) is 0 Å². The number of amides is 1. The Balaban J connectivity index is 1.81. The first kappa shape index (κ1) is 14.7. The minimum atomic E-state index is -0.473. The molecule has 110 valence electrons. The molecule has 2 aromatic carbocycles. The summed E-state index contributed by atoms with van der Waals surface area (Å²) in [5, 5.41) is 3.56. The predicted molar refractivity (Wildman–Crippen MR) is 88.2 cm³/mol. The third-order valence-electron chi connectivity index (χ3n) is 3.27. The van der Waals surface area contributed by atoms with Crippen molar-refractivity contribution in [3.63, 3.8) is 0 Å². The zero-order chi connectivity index (χ0) is 15.5. The van der Waals surface area contributed by atoms with E-state index < -0.39 is 5.82 Å². The van der Waals surface area contributed by atoms with Gasteiger partial charge in [0.25, 0.3) is 0 Å². The fraction of sp³-hybridized carbons (Fsp3) is 0.0588. The fourth-order valence-electron chi connectivity index (χ4n) is 2.27. The van der Waals surface area contributed by atoms with Crippen LogP contribution in [0.15, 0.2) is 59.2 Å². The van der Waals surface area contributed by atoms with Crippen LogP contribution in [0.25, 0.3) is 10.9 Å². The van der Waals surface area contributed by atoms with E-state index in [-0.39, 0.29) is 18.0 Å². The number of nitrogens with one attached hydrogen (secondary N) is 1. The molecule has 1 aromatic heterocycles. The summed E-state index contributed by atoms with van der Waals surface area (Å²) >= 11 is 3.18. The number of benzene rings is 2. The predicted octanol–water partition coefficient (Wildman–Crippen LogP) is 4.32. The molecule has 1 heterocycles. The maximum absolute atomic E-state index is 13.7. The molecule has 0 unspecified atom stereocenters. The first-order valence-corrected chi connectivity index (χ1v) is 7.50. The maximum Gasteiger partial charge on any atom is 0.228 e. The van der Waals surface area contributed by atoms with Crippen LogP contribution < -0.4 is 5.32 Å². The summed E-state index contributed by atoms with van der Waals surface area (Å²) in [7, 11) is 0. The molecule has 0 spiro atoms. The quantitative estimate of drug-likeness (QED) is 0.757. The Morgan fingerprint density at radius 2 is 2.00 bits per heavy atom. The van der Waals surface area contributed by atoms with E-state index in [1.165, 1.54) is 12.1 Å². The molecule has 0 aliphatic carbocycles. The second kappa shape index (κ2) is 6.23. The minimum absolute atomic E-state index is 0.143. The van der Waals surface area contributed by atoms with Gasteiger partial charge in [0.2, 0.25) is 5.91 Å². The molecule has 5 heteroatoms. The molecule has 1 N–H and O–H groups in total. The normalized spacial score (nSPS) is 10.6. The number of halogens is 2. The molecule has 0 bridgehead atoms. The molecule has 0 radical (unpaired) electrons. The van der Waals surface area contributed by atoms with Crippen molar-refractivity contribution in [1.82, 2.24) is 4.98 Å². The molecular weight excluding hydrogens is 347 g/mol. The van der Waals surface area contributed by atoms with Crippen LogP contribution in [0.3, 0.4) is 0 Å². The van der Waals surface area contributed by atoms with Crippen molar-refractivity contribution in [1.29, 1.82) is 0 Å². The molecule has 0 saturated heterocycles. The standard InChI is InChI=1S/C17H12BrFN2O/c18-13-6-7-15(14(19)10-13)21-16(22)9-12-4-1-3-11-5-2-8-20-17(11)12/h1-8,10H,9H2,(H,21,22). The number of anilines is 1. The third kappa shape index (κ3) is 3.14. The highest BCUT2D eigenvalue weighted by Crippen LogP contribution is 2.20. The van der Waals surface area contributed by atoms with Gasteiger partial charge >= 0.3 is 0 Å². The Labute approximate surface area is 135 Å². The molecule has 0 atom stereocenters. The minimum Gasteiger partial charge on any atom is -0.323 e. The van der Waals surface area contributed by atoms with Crippen molar-refractivity contribution in [2.45, 2.75) is 6.42 Å². The van der Waals surface area contributed by atoms with Gasteiger partial charge in [0.1, 0.15) is 5.82 Å². The number of hydrogen-bond acceptors (Lipinski definition) is 2. The zero-order valence-corrected chi connectivity index (χ0v) is 13.1. The highest BCUT2D eigenvalue weighted by Gasteiger charge is 2.10. The van der Waals surface area contributed by atoms with Crippen molar-refractivity contribution in [3.05, 3.63) is 70.6 Å². The molecule has 3 aromatic rings. The van der Waals surface area contributed by atoms with E-state index in [4.69, 9.17) is 0 Å². The Hall–Kier alpha value is -2.27. The van der Waals surface area contributed by atoms with Crippen LogP contribution in [-0.4, -0.2) is 10.9 Å². The van der Waals surface area contributed by atoms with E-state index in [0.717, 1.165) is 16.5 Å². The lowest BCUT2D eigenvalue weighted by Crippen LogP contribution is -2.15. The lowest BCUT2D eigenvalue weighted by atomic mass is 10.1. The third-order valence-corrected chi connectivity index (χ3v) is 3.77. The van der Waals surface area contributed by atoms with Gasteiger partial charge in [-0.3, -0.25) is 9.78 Å². The highest BCUT2D eigenvalue weighted by atomic mass is 79.9. The molecular formula is C17H12BrFN2O. The largest absolute Gasteiger partial charge is 0.323 e. The molecule has 0 saturated carbocycles. The SMILES string of the molecule is O=C(Cc1cccc2cccnc12)Nc1ccc(Br)cc1F. The summed E-state index contributed by atoms with van der Waals surface area (Å²) in [5.74, 6) is -0.752. The van der Waals surface area contributed by atoms with E-state index in [0.29, 0.717) is 4.47 Å². The molecule has 1 amide bonds. The molecule has 22 heavy (non-hydrogen) atoms. The van der Waals surface area contributed by atoms with E-state index in [1.54, 1.807) is 12.3 Å². The first-order chi connectivity index (χ1) is 10.6. The number of carbonyl (C=O) groups is 1. The number of rotatable bonds is 3. The zero-order valence-electron chi connectivity index (χ0n) is 11.5. The summed E-state index contributed by atoms with van der Waals surface area (Å²) in [6, 6.07) is 14.0. The summed E-state index contributed by atoms with van der Waals surface area (Å²) in [5.41, 5.74) is 1.77. The summed E-state index contributed by atoms with van der Waals surface area (Å²) in [6.45, 7) is 0. The second-order valence-corrected chi connectivity index (χ2v) is 5.76. The first-order valence-electron chi connectivity index (χ1n) is 6.71. The number of pyridine rings is 1. The van der Waals surface area contributed by atoms with Gasteiger partial charge < -0.3 is 5.32 Å². The van der Waals surface area contributed by atoms with Gasteiger partial charge in [-0.1, -0.05) is 40.2 Å². The molecule has 0 fully saturated rings. The number of para-hydroxylation sites is 1. The van der Waals surface area contributed by atoms with Crippen molar-refractivity contribution < 1.29 is 9.18 Å². The lowest BCUT2D eigenvalue weighted by Gasteiger charge is -2.08. The average Bonchev–Trinajstić information content (AvgIpc) is 2.50. The van der Waals surface area contributed by atoms with E-state index in [1.807, 2.05) is 30.3 Å². The Morgan fingerprint density at radius 1 is 1.18 bits per heavy atom. The Bertz CT molecular complexity index is 846. The number of hydrogen-bond donors (Lipinski definition) is 1. The Kier molecular flexibility index (Phi) is 4.15. The molecule has 0 aliphatic heterocycles.